The van der Waals surface area contributed by atoms with Crippen LogP contribution in [0.4, 0.5) is 0 Å². The lowest BCUT2D eigenvalue weighted by atomic mass is 9.68. The van der Waals surface area contributed by atoms with Crippen LogP contribution in [0.15, 0.2) is 11.1 Å². The van der Waals surface area contributed by atoms with Gasteiger partial charge >= 0.3 is 5.97 Å². The third-order valence-corrected chi connectivity index (χ3v) is 12.1. The minimum absolute atomic E-state index is 0.0503. The molecule has 0 saturated heterocycles. The van der Waals surface area contributed by atoms with Crippen LogP contribution >= 0.6 is 0 Å². The summed E-state index contributed by atoms with van der Waals surface area (Å²) in [5.41, 5.74) is 2.82. The van der Waals surface area contributed by atoms with Gasteiger partial charge in [0.15, 0.2) is 14.1 Å². The molecule has 0 aromatic rings. The summed E-state index contributed by atoms with van der Waals surface area (Å²) in [4.78, 5) is 13.4. The Hall–Kier alpha value is -0.653. The van der Waals surface area contributed by atoms with Crippen molar-refractivity contribution < 1.29 is 18.7 Å². The topological polar surface area (TPSA) is 44.8 Å². The van der Waals surface area contributed by atoms with Gasteiger partial charge in [-0.05, 0) is 70.0 Å². The fourth-order valence-corrected chi connectivity index (χ4v) is 6.96. The van der Waals surface area contributed by atoms with Gasteiger partial charge in [-0.25, -0.2) is 0 Å². The lowest BCUT2D eigenvalue weighted by Crippen LogP contribution is -2.62. The van der Waals surface area contributed by atoms with E-state index in [1.807, 2.05) is 13.8 Å². The maximum absolute atomic E-state index is 13.4. The van der Waals surface area contributed by atoms with Crippen molar-refractivity contribution in [1.29, 1.82) is 0 Å². The van der Waals surface area contributed by atoms with Crippen molar-refractivity contribution in [3.63, 3.8) is 0 Å². The molecule has 3 aliphatic rings. The number of hydrogen-bond acceptors (Lipinski definition) is 4. The molecule has 0 spiro atoms. The monoisotopic (exact) mass is 408 g/mol. The zero-order chi connectivity index (χ0) is 20.7. The van der Waals surface area contributed by atoms with E-state index in [0.29, 0.717) is 19.1 Å². The quantitative estimate of drug-likeness (QED) is 0.240. The number of esters is 1. The van der Waals surface area contributed by atoms with E-state index in [2.05, 4.69) is 33.9 Å². The molecule has 0 radical (unpaired) electrons. The van der Waals surface area contributed by atoms with E-state index < -0.39 is 20.0 Å². The molecule has 0 N–H and O–H groups in total. The molecule has 4 nitrogen and oxygen atoms in total. The largest absolute Gasteiger partial charge is 0.465 e. The van der Waals surface area contributed by atoms with Gasteiger partial charge < -0.3 is 13.9 Å². The number of fused-ring (bicyclic) bond motifs is 2. The van der Waals surface area contributed by atoms with E-state index >= 15 is 0 Å². The Morgan fingerprint density at radius 1 is 1.07 bits per heavy atom. The van der Waals surface area contributed by atoms with Crippen LogP contribution in [0.2, 0.25) is 18.1 Å². The first-order chi connectivity index (χ1) is 13.1. The highest BCUT2D eigenvalue weighted by molar-refractivity contribution is 6.74. The Labute approximate surface area is 172 Å². The second-order valence-electron chi connectivity index (χ2n) is 10.2. The molecule has 0 heterocycles. The molecule has 0 bridgehead atoms. The van der Waals surface area contributed by atoms with Crippen molar-refractivity contribution in [1.82, 2.24) is 0 Å². The number of hydrogen-bond donors (Lipinski definition) is 0. The molecule has 0 aliphatic heterocycles. The van der Waals surface area contributed by atoms with E-state index in [9.17, 15) is 4.79 Å². The molecule has 0 amide bonds. The molecule has 5 heteroatoms. The number of rotatable bonds is 6. The van der Waals surface area contributed by atoms with Gasteiger partial charge in [-0.1, -0.05) is 38.3 Å². The SMILES string of the molecule is CCOC(=O)[C@H]1C2=C(CCC2)[C@@H]2CCC[C@@H]2[C@]1(OCC)O[Si](C)(C)C(C)(C)C. The molecule has 3 aliphatic carbocycles. The summed E-state index contributed by atoms with van der Waals surface area (Å²) in [6, 6.07) is 0. The molecular weight excluding hydrogens is 368 g/mol. The van der Waals surface area contributed by atoms with Crippen molar-refractivity contribution >= 4 is 14.3 Å². The van der Waals surface area contributed by atoms with Gasteiger partial charge in [0.05, 0.1) is 6.61 Å². The summed E-state index contributed by atoms with van der Waals surface area (Å²) >= 11 is 0. The first-order valence-corrected chi connectivity index (χ1v) is 14.2. The molecule has 1 fully saturated rings. The summed E-state index contributed by atoms with van der Waals surface area (Å²) < 4.78 is 19.4. The first-order valence-electron chi connectivity index (χ1n) is 11.3. The van der Waals surface area contributed by atoms with E-state index in [-0.39, 0.29) is 16.9 Å². The van der Waals surface area contributed by atoms with Crippen LogP contribution in [-0.4, -0.2) is 33.3 Å². The molecule has 28 heavy (non-hydrogen) atoms. The molecule has 160 valence electrons. The average molecular weight is 409 g/mol. The van der Waals surface area contributed by atoms with E-state index in [1.165, 1.54) is 24.0 Å². The van der Waals surface area contributed by atoms with Crippen molar-refractivity contribution in [2.45, 2.75) is 97.1 Å². The predicted molar refractivity (Wildman–Crippen MR) is 114 cm³/mol. The number of ether oxygens (including phenoxy) is 2. The molecule has 0 unspecified atom stereocenters. The van der Waals surface area contributed by atoms with Crippen LogP contribution in [0.25, 0.3) is 0 Å². The van der Waals surface area contributed by atoms with E-state index in [0.717, 1.165) is 25.7 Å². The summed E-state index contributed by atoms with van der Waals surface area (Å²) in [6.45, 7) is 16.2. The van der Waals surface area contributed by atoms with Crippen molar-refractivity contribution in [2.75, 3.05) is 13.2 Å². The van der Waals surface area contributed by atoms with Crippen LogP contribution in [0.5, 0.6) is 0 Å². The lowest BCUT2D eigenvalue weighted by Gasteiger charge is -2.54. The van der Waals surface area contributed by atoms with E-state index in [1.54, 1.807) is 0 Å². The van der Waals surface area contributed by atoms with Crippen LogP contribution < -0.4 is 0 Å². The Balaban J connectivity index is 2.16. The molecular formula is C23H40O4Si. The fraction of sp³-hybridized carbons (Fsp3) is 0.870. The summed E-state index contributed by atoms with van der Waals surface area (Å²) in [5.74, 6) is -0.644. The normalized spacial score (nSPS) is 33.0. The lowest BCUT2D eigenvalue weighted by molar-refractivity contribution is -0.258. The third kappa shape index (κ3) is 3.52. The summed E-state index contributed by atoms with van der Waals surface area (Å²) in [6.07, 6.45) is 6.73. The highest BCUT2D eigenvalue weighted by Gasteiger charge is 2.63. The zero-order valence-electron chi connectivity index (χ0n) is 19.0. The molecule has 3 rings (SSSR count). The Morgan fingerprint density at radius 2 is 1.75 bits per heavy atom. The summed E-state index contributed by atoms with van der Waals surface area (Å²) in [5, 5.41) is 0.0503. The Morgan fingerprint density at radius 3 is 2.36 bits per heavy atom. The standard InChI is InChI=1S/C23H40O4Si/c1-8-25-21(24)20-18-14-10-12-16(18)17-13-11-15-19(17)23(20,26-9-2)27-28(6,7)22(3,4)5/h17,19-20H,8-15H2,1-7H3/t17-,19-,20+,23-/m0/s1. The van der Waals surface area contributed by atoms with Crippen molar-refractivity contribution in [3.05, 3.63) is 11.1 Å². The number of carbonyl (C=O) groups excluding carboxylic acids is 1. The van der Waals surface area contributed by atoms with Crippen LogP contribution in [0, 0.1) is 17.8 Å². The minimum atomic E-state index is -2.17. The Kier molecular flexibility index (Phi) is 6.20. The maximum Gasteiger partial charge on any atom is 0.318 e. The minimum Gasteiger partial charge on any atom is -0.465 e. The van der Waals surface area contributed by atoms with Gasteiger partial charge in [-0.15, -0.1) is 0 Å². The smallest absolute Gasteiger partial charge is 0.318 e. The number of allylic oxidation sites excluding steroid dienone is 1. The number of carbonyl (C=O) groups is 1. The van der Waals surface area contributed by atoms with Gasteiger partial charge in [0.2, 0.25) is 0 Å². The fourth-order valence-electron chi connectivity index (χ4n) is 5.52. The van der Waals surface area contributed by atoms with Crippen LogP contribution in [-0.2, 0) is 18.7 Å². The van der Waals surface area contributed by atoms with Gasteiger partial charge in [0.1, 0.15) is 5.92 Å². The van der Waals surface area contributed by atoms with Crippen molar-refractivity contribution in [3.8, 4) is 0 Å². The van der Waals surface area contributed by atoms with Gasteiger partial charge in [-0.2, -0.15) is 0 Å². The van der Waals surface area contributed by atoms with Gasteiger partial charge in [0, 0.05) is 12.5 Å². The second kappa shape index (κ2) is 7.88. The zero-order valence-corrected chi connectivity index (χ0v) is 20.0. The average Bonchev–Trinajstić information content (AvgIpc) is 3.22. The van der Waals surface area contributed by atoms with Crippen molar-refractivity contribution in [2.24, 2.45) is 17.8 Å². The highest BCUT2D eigenvalue weighted by Crippen LogP contribution is 2.60. The predicted octanol–water partition coefficient (Wildman–Crippen LogP) is 5.83. The third-order valence-electron chi connectivity index (χ3n) is 7.65. The maximum atomic E-state index is 13.4. The molecule has 0 aromatic carbocycles. The second-order valence-corrected chi connectivity index (χ2v) is 15.0. The molecule has 0 aromatic heterocycles. The Bertz CT molecular complexity index is 633. The van der Waals surface area contributed by atoms with Gasteiger partial charge in [-0.3, -0.25) is 4.79 Å². The van der Waals surface area contributed by atoms with Crippen LogP contribution in [0.1, 0.15) is 73.1 Å². The molecule has 4 atom stereocenters. The van der Waals surface area contributed by atoms with E-state index in [4.69, 9.17) is 13.9 Å². The summed E-state index contributed by atoms with van der Waals surface area (Å²) in [7, 11) is -2.17. The highest BCUT2D eigenvalue weighted by atomic mass is 28.4. The van der Waals surface area contributed by atoms with Crippen LogP contribution in [0.3, 0.4) is 0 Å². The first kappa shape index (κ1) is 22.0. The van der Waals surface area contributed by atoms with Gasteiger partial charge in [0.25, 0.3) is 0 Å². The molecule has 1 saturated carbocycles.